The second kappa shape index (κ2) is 7.99. The van der Waals surface area contributed by atoms with Crippen molar-refractivity contribution >= 4 is 17.8 Å². The number of nitrogens with zero attached hydrogens (tertiary/aromatic N) is 3. The third kappa shape index (κ3) is 3.52. The fourth-order valence-corrected chi connectivity index (χ4v) is 5.13. The Bertz CT molecular complexity index is 626. The molecule has 0 radical (unpaired) electrons. The van der Waals surface area contributed by atoms with E-state index >= 15 is 0 Å². The molecule has 0 aliphatic carbocycles. The summed E-state index contributed by atoms with van der Waals surface area (Å²) in [6, 6.07) is -0.523. The van der Waals surface area contributed by atoms with Crippen LogP contribution in [-0.4, -0.2) is 89.6 Å². The van der Waals surface area contributed by atoms with Crippen LogP contribution >= 0.6 is 0 Å². The Labute approximate surface area is 166 Å². The molecule has 4 amide bonds. The van der Waals surface area contributed by atoms with Crippen LogP contribution in [0.1, 0.15) is 51.9 Å². The van der Waals surface area contributed by atoms with Crippen molar-refractivity contribution in [1.29, 1.82) is 0 Å². The van der Waals surface area contributed by atoms with Gasteiger partial charge in [-0.3, -0.25) is 14.5 Å². The highest BCUT2D eigenvalue weighted by Crippen LogP contribution is 2.32. The van der Waals surface area contributed by atoms with Crippen LogP contribution in [0.2, 0.25) is 0 Å². The molecule has 4 heterocycles. The van der Waals surface area contributed by atoms with Gasteiger partial charge in [-0.15, -0.1) is 0 Å². The van der Waals surface area contributed by atoms with E-state index in [4.69, 9.17) is 4.74 Å². The largest absolute Gasteiger partial charge is 0.368 e. The quantitative estimate of drug-likeness (QED) is 0.721. The molecule has 0 aromatic rings. The number of hydrogen-bond acceptors (Lipinski definition) is 5. The van der Waals surface area contributed by atoms with Gasteiger partial charge in [0.25, 0.3) is 11.8 Å². The third-order valence-electron chi connectivity index (χ3n) is 6.72. The van der Waals surface area contributed by atoms with Gasteiger partial charge in [-0.2, -0.15) is 0 Å². The molecule has 4 rings (SSSR count). The Morgan fingerprint density at radius 2 is 1.96 bits per heavy atom. The predicted octanol–water partition coefficient (Wildman–Crippen LogP) is 0.953. The van der Waals surface area contributed by atoms with E-state index in [1.165, 1.54) is 4.90 Å². The summed E-state index contributed by atoms with van der Waals surface area (Å²) in [4.78, 5) is 44.3. The summed E-state index contributed by atoms with van der Waals surface area (Å²) in [5.41, 5.74) is -0.748. The smallest absolute Gasteiger partial charge is 0.325 e. The number of imide groups is 1. The normalized spacial score (nSPS) is 30.9. The van der Waals surface area contributed by atoms with Gasteiger partial charge in [-0.05, 0) is 51.5 Å². The average molecular weight is 393 g/mol. The van der Waals surface area contributed by atoms with E-state index in [0.717, 1.165) is 51.7 Å². The lowest BCUT2D eigenvalue weighted by Crippen LogP contribution is -2.57. The second-order valence-electron chi connectivity index (χ2n) is 8.61. The van der Waals surface area contributed by atoms with Gasteiger partial charge >= 0.3 is 6.03 Å². The highest BCUT2D eigenvalue weighted by molar-refractivity contribution is 6.07. The van der Waals surface area contributed by atoms with Crippen LogP contribution in [0.3, 0.4) is 0 Å². The number of likely N-dealkylation sites (tertiary alicyclic amines) is 2. The van der Waals surface area contributed by atoms with Crippen LogP contribution in [0.4, 0.5) is 4.79 Å². The van der Waals surface area contributed by atoms with Crippen LogP contribution in [0, 0.1) is 0 Å². The highest BCUT2D eigenvalue weighted by Gasteiger charge is 2.54. The predicted molar refractivity (Wildman–Crippen MR) is 103 cm³/mol. The molecule has 4 aliphatic rings. The van der Waals surface area contributed by atoms with E-state index < -0.39 is 5.54 Å². The minimum absolute atomic E-state index is 0.0110. The number of ether oxygens (including phenoxy) is 1. The number of urea groups is 1. The number of amides is 4. The number of hydrogen-bond donors (Lipinski definition) is 1. The first kappa shape index (κ1) is 19.6. The zero-order valence-corrected chi connectivity index (χ0v) is 16.8. The standard InChI is InChI=1S/C20H32N4O4/c1-2-9-22-11-7-20(8-12-22)18(26)24(19(27)21-20)15-5-3-10-23(14-15)17(25)16-6-4-13-28-16/h15-16H,2-14H2,1H3,(H,21,27)/t15-,16-/m1/s1. The zero-order chi connectivity index (χ0) is 19.7. The van der Waals surface area contributed by atoms with E-state index in [1.807, 2.05) is 0 Å². The third-order valence-corrected chi connectivity index (χ3v) is 6.72. The van der Waals surface area contributed by atoms with Gasteiger partial charge in [0.2, 0.25) is 0 Å². The Balaban J connectivity index is 1.41. The molecule has 8 nitrogen and oxygen atoms in total. The second-order valence-corrected chi connectivity index (χ2v) is 8.61. The van der Waals surface area contributed by atoms with Gasteiger partial charge in [0, 0.05) is 32.8 Å². The van der Waals surface area contributed by atoms with Crippen molar-refractivity contribution < 1.29 is 19.1 Å². The Hall–Kier alpha value is -1.67. The minimum atomic E-state index is -0.748. The molecule has 2 atom stereocenters. The maximum atomic E-state index is 13.3. The summed E-state index contributed by atoms with van der Waals surface area (Å²) in [6.07, 6.45) is 5.31. The fourth-order valence-electron chi connectivity index (χ4n) is 5.13. The first-order chi connectivity index (χ1) is 13.5. The van der Waals surface area contributed by atoms with Crippen molar-refractivity contribution in [3.8, 4) is 0 Å². The molecule has 1 spiro atoms. The lowest BCUT2D eigenvalue weighted by atomic mass is 9.87. The van der Waals surface area contributed by atoms with Gasteiger partial charge in [-0.25, -0.2) is 4.79 Å². The Morgan fingerprint density at radius 3 is 2.64 bits per heavy atom. The van der Waals surface area contributed by atoms with Crippen molar-refractivity contribution in [2.75, 3.05) is 39.3 Å². The number of nitrogens with one attached hydrogen (secondary N) is 1. The van der Waals surface area contributed by atoms with Gasteiger partial charge in [0.1, 0.15) is 11.6 Å². The fraction of sp³-hybridized carbons (Fsp3) is 0.850. The van der Waals surface area contributed by atoms with Crippen LogP contribution in [0.15, 0.2) is 0 Å². The SMILES string of the molecule is CCCN1CCC2(CC1)NC(=O)N([C@@H]1CCCN(C(=O)[C@H]3CCCO3)C1)C2=O. The van der Waals surface area contributed by atoms with Crippen LogP contribution in [-0.2, 0) is 14.3 Å². The number of piperidine rings is 2. The van der Waals surface area contributed by atoms with Crippen molar-refractivity contribution in [2.24, 2.45) is 0 Å². The molecule has 8 heteroatoms. The van der Waals surface area contributed by atoms with Gasteiger partial charge in [-0.1, -0.05) is 6.92 Å². The number of carbonyl (C=O) groups is 3. The molecular formula is C20H32N4O4. The van der Waals surface area contributed by atoms with Crippen molar-refractivity contribution in [1.82, 2.24) is 20.0 Å². The first-order valence-corrected chi connectivity index (χ1v) is 10.8. The maximum Gasteiger partial charge on any atom is 0.325 e. The molecule has 0 saturated carbocycles. The van der Waals surface area contributed by atoms with Crippen LogP contribution in [0.5, 0.6) is 0 Å². The lowest BCUT2D eigenvalue weighted by Gasteiger charge is -2.39. The molecule has 4 saturated heterocycles. The average Bonchev–Trinajstić information content (AvgIpc) is 3.31. The first-order valence-electron chi connectivity index (χ1n) is 10.8. The van der Waals surface area contributed by atoms with Crippen molar-refractivity contribution in [3.05, 3.63) is 0 Å². The molecule has 4 fully saturated rings. The molecular weight excluding hydrogens is 360 g/mol. The van der Waals surface area contributed by atoms with Gasteiger partial charge < -0.3 is 19.9 Å². The summed E-state index contributed by atoms with van der Waals surface area (Å²) in [5.74, 6) is -0.0816. The molecule has 1 N–H and O–H groups in total. The lowest BCUT2D eigenvalue weighted by molar-refractivity contribution is -0.145. The molecule has 4 aliphatic heterocycles. The summed E-state index contributed by atoms with van der Waals surface area (Å²) in [5, 5.41) is 3.01. The van der Waals surface area contributed by atoms with E-state index in [-0.39, 0.29) is 30.0 Å². The molecule has 156 valence electrons. The van der Waals surface area contributed by atoms with Crippen molar-refractivity contribution in [2.45, 2.75) is 69.6 Å². The molecule has 0 aromatic heterocycles. The Kier molecular flexibility index (Phi) is 5.60. The van der Waals surface area contributed by atoms with E-state index in [2.05, 4.69) is 17.1 Å². The summed E-state index contributed by atoms with van der Waals surface area (Å²) in [7, 11) is 0. The zero-order valence-electron chi connectivity index (χ0n) is 16.8. The summed E-state index contributed by atoms with van der Waals surface area (Å²) in [6.45, 7) is 6.60. The summed E-state index contributed by atoms with van der Waals surface area (Å²) >= 11 is 0. The van der Waals surface area contributed by atoms with Gasteiger partial charge in [0.15, 0.2) is 0 Å². The highest BCUT2D eigenvalue weighted by atomic mass is 16.5. The minimum Gasteiger partial charge on any atom is -0.368 e. The number of rotatable bonds is 4. The molecule has 0 aromatic carbocycles. The van der Waals surface area contributed by atoms with Crippen molar-refractivity contribution in [3.63, 3.8) is 0 Å². The monoisotopic (exact) mass is 392 g/mol. The van der Waals surface area contributed by atoms with Crippen LogP contribution in [0.25, 0.3) is 0 Å². The van der Waals surface area contributed by atoms with E-state index in [0.29, 0.717) is 32.5 Å². The topological polar surface area (TPSA) is 82.2 Å². The summed E-state index contributed by atoms with van der Waals surface area (Å²) < 4.78 is 5.54. The van der Waals surface area contributed by atoms with Crippen LogP contribution < -0.4 is 5.32 Å². The van der Waals surface area contributed by atoms with E-state index in [9.17, 15) is 14.4 Å². The maximum absolute atomic E-state index is 13.3. The number of carbonyl (C=O) groups excluding carboxylic acids is 3. The molecule has 0 bridgehead atoms. The van der Waals surface area contributed by atoms with E-state index in [1.54, 1.807) is 4.90 Å². The van der Waals surface area contributed by atoms with Gasteiger partial charge in [0.05, 0.1) is 6.04 Å². The molecule has 0 unspecified atom stereocenters. The Morgan fingerprint density at radius 1 is 1.18 bits per heavy atom. The molecule has 28 heavy (non-hydrogen) atoms.